The van der Waals surface area contributed by atoms with Crippen LogP contribution in [0.3, 0.4) is 0 Å². The third kappa shape index (κ3) is 4.53. The average molecular weight is 251 g/mol. The van der Waals surface area contributed by atoms with E-state index in [2.05, 4.69) is 10.6 Å². The molecule has 1 aromatic carbocycles. The third-order valence-corrected chi connectivity index (χ3v) is 2.30. The second-order valence-corrected chi connectivity index (χ2v) is 3.91. The van der Waals surface area contributed by atoms with E-state index in [1.807, 2.05) is 26.0 Å². The Hall–Kier alpha value is -1.91. The molecule has 0 saturated carbocycles. The highest BCUT2D eigenvalue weighted by Crippen LogP contribution is 2.25. The van der Waals surface area contributed by atoms with Crippen LogP contribution in [0, 0.1) is 0 Å². The smallest absolute Gasteiger partial charge is 0.239 e. The fourth-order valence-corrected chi connectivity index (χ4v) is 1.42. The van der Waals surface area contributed by atoms with Gasteiger partial charge in [0.25, 0.3) is 0 Å². The number of hydrogen-bond acceptors (Lipinski definition) is 4. The number of carbonyl (C=O) groups excluding carboxylic acids is 1. The summed E-state index contributed by atoms with van der Waals surface area (Å²) in [6, 6.07) is 5.41. The summed E-state index contributed by atoms with van der Waals surface area (Å²) in [6.07, 6.45) is 0.927. The Bertz CT molecular complexity index is 394. The maximum atomic E-state index is 11.3. The number of nitrogens with two attached hydrogens (primary N) is 1. The zero-order valence-electron chi connectivity index (χ0n) is 11.0. The summed E-state index contributed by atoms with van der Waals surface area (Å²) in [6.45, 7) is 5.42. The van der Waals surface area contributed by atoms with Crippen LogP contribution in [0.2, 0.25) is 0 Å². The van der Waals surface area contributed by atoms with Crippen LogP contribution in [-0.2, 0) is 4.79 Å². The van der Waals surface area contributed by atoms with Crippen LogP contribution in [0.1, 0.15) is 20.3 Å². The maximum absolute atomic E-state index is 11.3. The van der Waals surface area contributed by atoms with Crippen molar-refractivity contribution < 1.29 is 9.53 Å². The van der Waals surface area contributed by atoms with E-state index in [9.17, 15) is 4.79 Å². The van der Waals surface area contributed by atoms with Gasteiger partial charge >= 0.3 is 0 Å². The van der Waals surface area contributed by atoms with Crippen LogP contribution >= 0.6 is 0 Å². The van der Waals surface area contributed by atoms with E-state index in [0.29, 0.717) is 24.6 Å². The molecule has 1 amide bonds. The molecular weight excluding hydrogens is 230 g/mol. The van der Waals surface area contributed by atoms with Crippen molar-refractivity contribution in [3.63, 3.8) is 0 Å². The van der Waals surface area contributed by atoms with Crippen molar-refractivity contribution in [1.29, 1.82) is 0 Å². The van der Waals surface area contributed by atoms with Gasteiger partial charge in [0.1, 0.15) is 5.75 Å². The van der Waals surface area contributed by atoms with Crippen molar-refractivity contribution in [3.8, 4) is 5.75 Å². The van der Waals surface area contributed by atoms with Crippen LogP contribution in [0.4, 0.5) is 11.4 Å². The minimum atomic E-state index is -0.0367. The molecule has 0 aliphatic carbocycles. The largest absolute Gasteiger partial charge is 0.491 e. The Kier molecular flexibility index (Phi) is 5.84. The maximum Gasteiger partial charge on any atom is 0.239 e. The highest BCUT2D eigenvalue weighted by Gasteiger charge is 2.03. The lowest BCUT2D eigenvalue weighted by Gasteiger charge is -2.11. The molecule has 0 heterocycles. The highest BCUT2D eigenvalue weighted by atomic mass is 16.5. The van der Waals surface area contributed by atoms with Crippen LogP contribution < -0.4 is 21.1 Å². The molecule has 4 N–H and O–H groups in total. The van der Waals surface area contributed by atoms with Gasteiger partial charge in [-0.25, -0.2) is 0 Å². The summed E-state index contributed by atoms with van der Waals surface area (Å²) in [5.74, 6) is 0.614. The Labute approximate surface area is 108 Å². The quantitative estimate of drug-likeness (QED) is 0.643. The summed E-state index contributed by atoms with van der Waals surface area (Å²) < 4.78 is 5.52. The van der Waals surface area contributed by atoms with Crippen molar-refractivity contribution in [2.45, 2.75) is 20.3 Å². The van der Waals surface area contributed by atoms with Gasteiger partial charge < -0.3 is 21.1 Å². The van der Waals surface area contributed by atoms with Crippen LogP contribution in [-0.4, -0.2) is 25.6 Å². The number of nitrogens with one attached hydrogen (secondary N) is 2. The summed E-state index contributed by atoms with van der Waals surface area (Å²) in [5, 5.41) is 5.74. The van der Waals surface area contributed by atoms with Crippen molar-refractivity contribution in [2.24, 2.45) is 0 Å². The number of benzene rings is 1. The predicted molar refractivity (Wildman–Crippen MR) is 73.8 cm³/mol. The van der Waals surface area contributed by atoms with Gasteiger partial charge in [0.05, 0.1) is 18.8 Å². The molecule has 0 bridgehead atoms. The second kappa shape index (κ2) is 7.42. The first-order valence-corrected chi connectivity index (χ1v) is 6.20. The van der Waals surface area contributed by atoms with E-state index in [0.717, 1.165) is 12.1 Å². The lowest BCUT2D eigenvalue weighted by molar-refractivity contribution is -0.119. The van der Waals surface area contributed by atoms with Crippen molar-refractivity contribution in [2.75, 3.05) is 30.7 Å². The molecule has 0 aliphatic rings. The van der Waals surface area contributed by atoms with Gasteiger partial charge in [-0.2, -0.15) is 0 Å². The fraction of sp³-hybridized carbons (Fsp3) is 0.462. The van der Waals surface area contributed by atoms with Gasteiger partial charge in [-0.15, -0.1) is 0 Å². The number of rotatable bonds is 7. The second-order valence-electron chi connectivity index (χ2n) is 3.91. The lowest BCUT2D eigenvalue weighted by Crippen LogP contribution is -2.29. The number of anilines is 2. The molecule has 0 fully saturated rings. The van der Waals surface area contributed by atoms with Gasteiger partial charge in [0.15, 0.2) is 0 Å². The first-order valence-electron chi connectivity index (χ1n) is 6.20. The van der Waals surface area contributed by atoms with Crippen LogP contribution in [0.25, 0.3) is 0 Å². The molecule has 18 heavy (non-hydrogen) atoms. The minimum absolute atomic E-state index is 0.0367. The van der Waals surface area contributed by atoms with Gasteiger partial charge in [0, 0.05) is 18.3 Å². The zero-order valence-corrected chi connectivity index (χ0v) is 11.0. The third-order valence-electron chi connectivity index (χ3n) is 2.30. The van der Waals surface area contributed by atoms with E-state index < -0.39 is 0 Å². The summed E-state index contributed by atoms with van der Waals surface area (Å²) in [5.41, 5.74) is 7.23. The number of nitrogen functional groups attached to an aromatic ring is 1. The van der Waals surface area contributed by atoms with Crippen molar-refractivity contribution >= 4 is 17.3 Å². The monoisotopic (exact) mass is 251 g/mol. The topological polar surface area (TPSA) is 76.4 Å². The molecule has 1 rings (SSSR count). The number of ether oxygens (including phenoxy) is 1. The van der Waals surface area contributed by atoms with Gasteiger partial charge in [-0.1, -0.05) is 6.92 Å². The van der Waals surface area contributed by atoms with Crippen LogP contribution in [0.15, 0.2) is 18.2 Å². The average Bonchev–Trinajstić information content (AvgIpc) is 2.36. The molecule has 5 heteroatoms. The van der Waals surface area contributed by atoms with Crippen molar-refractivity contribution in [3.05, 3.63) is 18.2 Å². The van der Waals surface area contributed by atoms with Crippen molar-refractivity contribution in [1.82, 2.24) is 5.32 Å². The molecule has 0 aromatic heterocycles. The number of carbonyl (C=O) groups is 1. The number of hydrogen-bond donors (Lipinski definition) is 3. The molecule has 0 atom stereocenters. The van der Waals surface area contributed by atoms with Gasteiger partial charge in [0.2, 0.25) is 5.91 Å². The Morgan fingerprint density at radius 3 is 2.83 bits per heavy atom. The molecule has 0 spiro atoms. The molecular formula is C13H21N3O2. The standard InChI is InChI=1S/C13H21N3O2/c1-3-7-18-12-8-10(5-6-11(12)14)16-9-13(17)15-4-2/h5-6,8,16H,3-4,7,9,14H2,1-2H3,(H,15,17). The molecule has 0 aliphatic heterocycles. The number of amides is 1. The van der Waals surface area contributed by atoms with Crippen LogP contribution in [0.5, 0.6) is 5.75 Å². The van der Waals surface area contributed by atoms with Gasteiger partial charge in [-0.3, -0.25) is 4.79 Å². The SMILES string of the molecule is CCCOc1cc(NCC(=O)NCC)ccc1N. The molecule has 100 valence electrons. The summed E-state index contributed by atoms with van der Waals surface area (Å²) in [7, 11) is 0. The minimum Gasteiger partial charge on any atom is -0.491 e. The number of likely N-dealkylation sites (N-methyl/N-ethyl adjacent to an activating group) is 1. The molecule has 0 unspecified atom stereocenters. The summed E-state index contributed by atoms with van der Waals surface area (Å²) >= 11 is 0. The Balaban J connectivity index is 2.58. The normalized spacial score (nSPS) is 9.89. The first-order chi connectivity index (χ1) is 8.67. The zero-order chi connectivity index (χ0) is 13.4. The Morgan fingerprint density at radius 1 is 1.39 bits per heavy atom. The summed E-state index contributed by atoms with van der Waals surface area (Å²) in [4.78, 5) is 11.3. The van der Waals surface area contributed by atoms with E-state index >= 15 is 0 Å². The lowest BCUT2D eigenvalue weighted by atomic mass is 10.2. The molecule has 0 radical (unpaired) electrons. The molecule has 5 nitrogen and oxygen atoms in total. The van der Waals surface area contributed by atoms with E-state index in [4.69, 9.17) is 10.5 Å². The van der Waals surface area contributed by atoms with E-state index in [-0.39, 0.29) is 12.5 Å². The predicted octanol–water partition coefficient (Wildman–Crippen LogP) is 1.61. The van der Waals surface area contributed by atoms with E-state index in [1.165, 1.54) is 0 Å². The fourth-order valence-electron chi connectivity index (χ4n) is 1.42. The van der Waals surface area contributed by atoms with E-state index in [1.54, 1.807) is 6.07 Å². The molecule has 1 aromatic rings. The van der Waals surface area contributed by atoms with Gasteiger partial charge in [-0.05, 0) is 25.5 Å². The highest BCUT2D eigenvalue weighted by molar-refractivity contribution is 5.80. The first kappa shape index (κ1) is 14.2. The molecule has 0 saturated heterocycles. The Morgan fingerprint density at radius 2 is 2.17 bits per heavy atom.